The molecule has 20 heavy (non-hydrogen) atoms. The zero-order valence-corrected chi connectivity index (χ0v) is 10.3. The molecule has 0 aliphatic carbocycles. The van der Waals surface area contributed by atoms with Gasteiger partial charge in [0.2, 0.25) is 5.95 Å². The molecule has 5 heteroatoms. The number of H-pyrrole nitrogens is 1. The highest BCUT2D eigenvalue weighted by Gasteiger charge is 2.07. The number of nitrogens with one attached hydrogen (secondary N) is 1. The zero-order chi connectivity index (χ0) is 13.5. The highest BCUT2D eigenvalue weighted by molar-refractivity contribution is 6.05. The Morgan fingerprint density at radius 1 is 0.950 bits per heavy atom. The maximum atomic E-state index is 12.8. The van der Waals surface area contributed by atoms with Gasteiger partial charge in [-0.15, -0.1) is 0 Å². The fraction of sp³-hybridized carbons (Fsp3) is 0. The molecule has 96 valence electrons. The van der Waals surface area contributed by atoms with Crippen molar-refractivity contribution in [3.8, 4) is 11.3 Å². The molecule has 1 N–H and O–H groups in total. The number of aromatic nitrogens is 4. The molecular formula is C15H9FN4. The maximum Gasteiger partial charge on any atom is 0.212 e. The lowest BCUT2D eigenvalue weighted by molar-refractivity contribution is 0.584. The molecule has 0 saturated carbocycles. The first-order chi connectivity index (χ1) is 9.81. The largest absolute Gasteiger partial charge is 0.339 e. The molecule has 0 saturated heterocycles. The Balaban J connectivity index is 1.94. The lowest BCUT2D eigenvalue weighted by atomic mass is 10.1. The molecule has 0 atom stereocenters. The Bertz CT molecular complexity index is 912. The van der Waals surface area contributed by atoms with Gasteiger partial charge in [-0.05, 0) is 30.3 Å². The highest BCUT2D eigenvalue weighted by atomic mass is 19.1. The van der Waals surface area contributed by atoms with E-state index >= 15 is 0 Å². The Morgan fingerprint density at radius 3 is 2.75 bits per heavy atom. The van der Waals surface area contributed by atoms with E-state index in [2.05, 4.69) is 19.9 Å². The monoisotopic (exact) mass is 264 g/mol. The molecule has 4 aromatic rings. The molecule has 0 unspecified atom stereocenters. The second kappa shape index (κ2) is 4.09. The van der Waals surface area contributed by atoms with Gasteiger partial charge >= 0.3 is 0 Å². The summed E-state index contributed by atoms with van der Waals surface area (Å²) in [5, 5.41) is 2.06. The van der Waals surface area contributed by atoms with Crippen LogP contribution in [0.5, 0.6) is 0 Å². The van der Waals surface area contributed by atoms with Gasteiger partial charge in [0.15, 0.2) is 0 Å². The van der Waals surface area contributed by atoms with Crippen molar-refractivity contribution in [1.29, 1.82) is 0 Å². The summed E-state index contributed by atoms with van der Waals surface area (Å²) in [6.07, 6.45) is 5.02. The first-order valence-corrected chi connectivity index (χ1v) is 6.16. The Hall–Kier alpha value is -2.82. The van der Waals surface area contributed by atoms with Crippen LogP contribution in [0.15, 0.2) is 48.9 Å². The first-order valence-electron chi connectivity index (χ1n) is 6.16. The number of rotatable bonds is 1. The van der Waals surface area contributed by atoms with Crippen LogP contribution < -0.4 is 0 Å². The molecule has 4 heterocycles. The van der Waals surface area contributed by atoms with Crippen molar-refractivity contribution in [2.45, 2.75) is 0 Å². The van der Waals surface area contributed by atoms with Crippen molar-refractivity contribution < 1.29 is 4.39 Å². The van der Waals surface area contributed by atoms with Gasteiger partial charge in [0, 0.05) is 34.9 Å². The van der Waals surface area contributed by atoms with Crippen LogP contribution in [0, 0.1) is 5.95 Å². The Morgan fingerprint density at radius 2 is 1.90 bits per heavy atom. The molecule has 4 nitrogen and oxygen atoms in total. The molecule has 0 bridgehead atoms. The van der Waals surface area contributed by atoms with Crippen molar-refractivity contribution in [2.75, 3.05) is 0 Å². The maximum absolute atomic E-state index is 12.8. The summed E-state index contributed by atoms with van der Waals surface area (Å²) in [5.74, 6) is -0.496. The van der Waals surface area contributed by atoms with Gasteiger partial charge in [-0.1, -0.05) is 0 Å². The van der Waals surface area contributed by atoms with Crippen molar-refractivity contribution in [2.24, 2.45) is 0 Å². The van der Waals surface area contributed by atoms with Crippen LogP contribution in [0.25, 0.3) is 33.2 Å². The average Bonchev–Trinajstić information content (AvgIpc) is 2.85. The summed E-state index contributed by atoms with van der Waals surface area (Å²) >= 11 is 0. The van der Waals surface area contributed by atoms with Crippen LogP contribution in [0.1, 0.15) is 0 Å². The average molecular weight is 264 g/mol. The molecule has 0 radical (unpaired) electrons. The molecule has 0 fully saturated rings. The minimum absolute atomic E-state index is 0.496. The number of nitrogens with zero attached hydrogens (tertiary/aromatic N) is 3. The molecule has 4 aromatic heterocycles. The van der Waals surface area contributed by atoms with E-state index < -0.39 is 5.95 Å². The minimum Gasteiger partial charge on any atom is -0.339 e. The molecule has 0 spiro atoms. The Kier molecular flexibility index (Phi) is 2.26. The summed E-state index contributed by atoms with van der Waals surface area (Å²) in [7, 11) is 0. The van der Waals surface area contributed by atoms with E-state index in [1.54, 1.807) is 18.5 Å². The van der Waals surface area contributed by atoms with Gasteiger partial charge in [-0.25, -0.2) is 9.97 Å². The number of pyridine rings is 3. The lowest BCUT2D eigenvalue weighted by Gasteiger charge is -2.00. The number of aromatic amines is 1. The highest BCUT2D eigenvalue weighted by Crippen LogP contribution is 2.26. The summed E-state index contributed by atoms with van der Waals surface area (Å²) in [6, 6.07) is 8.81. The predicted octanol–water partition coefficient (Wildman–Crippen LogP) is 3.31. The Labute approximate surface area is 113 Å². The van der Waals surface area contributed by atoms with Crippen LogP contribution in [0.4, 0.5) is 4.39 Å². The van der Waals surface area contributed by atoms with Crippen LogP contribution in [-0.2, 0) is 0 Å². The van der Waals surface area contributed by atoms with Gasteiger partial charge < -0.3 is 4.98 Å². The number of halogens is 1. The lowest BCUT2D eigenvalue weighted by Crippen LogP contribution is -1.86. The van der Waals surface area contributed by atoms with Crippen LogP contribution in [0.3, 0.4) is 0 Å². The quantitative estimate of drug-likeness (QED) is 0.536. The van der Waals surface area contributed by atoms with Gasteiger partial charge in [0.1, 0.15) is 5.65 Å². The molecule has 0 amide bonds. The van der Waals surface area contributed by atoms with Crippen LogP contribution in [-0.4, -0.2) is 19.9 Å². The van der Waals surface area contributed by atoms with E-state index in [1.165, 1.54) is 12.3 Å². The zero-order valence-electron chi connectivity index (χ0n) is 10.3. The van der Waals surface area contributed by atoms with Gasteiger partial charge in [0.05, 0.1) is 11.2 Å². The van der Waals surface area contributed by atoms with E-state index in [0.717, 1.165) is 33.2 Å². The number of hydrogen-bond acceptors (Lipinski definition) is 3. The van der Waals surface area contributed by atoms with Gasteiger partial charge in [-0.2, -0.15) is 4.39 Å². The summed E-state index contributed by atoms with van der Waals surface area (Å²) in [5.41, 5.74) is 3.31. The van der Waals surface area contributed by atoms with E-state index in [9.17, 15) is 4.39 Å². The molecule has 0 aliphatic heterocycles. The third-order valence-corrected chi connectivity index (χ3v) is 3.28. The van der Waals surface area contributed by atoms with E-state index in [0.29, 0.717) is 0 Å². The van der Waals surface area contributed by atoms with E-state index in [4.69, 9.17) is 0 Å². The van der Waals surface area contributed by atoms with E-state index in [-0.39, 0.29) is 0 Å². The fourth-order valence-corrected chi connectivity index (χ4v) is 2.31. The number of fused-ring (bicyclic) bond motifs is 3. The molecular weight excluding hydrogens is 255 g/mol. The molecule has 0 aliphatic rings. The second-order valence-corrected chi connectivity index (χ2v) is 4.51. The minimum atomic E-state index is -0.496. The SMILES string of the molecule is Fc1ccc(-c2cc3[nH]c4ncccc4c3cn2)cn1. The first kappa shape index (κ1) is 11.0. The normalized spacial score (nSPS) is 11.2. The van der Waals surface area contributed by atoms with Crippen molar-refractivity contribution in [3.05, 3.63) is 54.9 Å². The van der Waals surface area contributed by atoms with Crippen molar-refractivity contribution >= 4 is 21.9 Å². The third kappa shape index (κ3) is 1.64. The smallest absolute Gasteiger partial charge is 0.212 e. The predicted molar refractivity (Wildman–Crippen MR) is 74.6 cm³/mol. The van der Waals surface area contributed by atoms with E-state index in [1.807, 2.05) is 18.2 Å². The fourth-order valence-electron chi connectivity index (χ4n) is 2.31. The summed E-state index contributed by atoms with van der Waals surface area (Å²) in [4.78, 5) is 15.6. The van der Waals surface area contributed by atoms with Gasteiger partial charge in [0.25, 0.3) is 0 Å². The second-order valence-electron chi connectivity index (χ2n) is 4.51. The standard InChI is InChI=1S/C15H9FN4/c16-14-4-3-9(7-19-14)12-6-13-11(8-18-12)10-2-1-5-17-15(10)20-13/h1-8H,(H,17,20). The summed E-state index contributed by atoms with van der Waals surface area (Å²) in [6.45, 7) is 0. The number of hydrogen-bond donors (Lipinski definition) is 1. The van der Waals surface area contributed by atoms with Crippen molar-refractivity contribution in [3.63, 3.8) is 0 Å². The van der Waals surface area contributed by atoms with Crippen LogP contribution >= 0.6 is 0 Å². The topological polar surface area (TPSA) is 54.5 Å². The van der Waals surface area contributed by atoms with Gasteiger partial charge in [-0.3, -0.25) is 4.98 Å². The van der Waals surface area contributed by atoms with Crippen LogP contribution in [0.2, 0.25) is 0 Å². The summed E-state index contributed by atoms with van der Waals surface area (Å²) < 4.78 is 12.8. The molecule has 4 rings (SSSR count). The third-order valence-electron chi connectivity index (χ3n) is 3.28. The van der Waals surface area contributed by atoms with Crippen molar-refractivity contribution in [1.82, 2.24) is 19.9 Å². The molecule has 0 aromatic carbocycles.